The van der Waals surface area contributed by atoms with Crippen LogP contribution in [0.5, 0.6) is 11.5 Å². The van der Waals surface area contributed by atoms with E-state index in [9.17, 15) is 9.59 Å². The summed E-state index contributed by atoms with van der Waals surface area (Å²) in [6.45, 7) is 3.94. The van der Waals surface area contributed by atoms with Crippen molar-refractivity contribution in [2.75, 3.05) is 27.1 Å². The highest BCUT2D eigenvalue weighted by Crippen LogP contribution is 2.46. The summed E-state index contributed by atoms with van der Waals surface area (Å²) in [7, 11) is 3.21. The van der Waals surface area contributed by atoms with Gasteiger partial charge in [0.1, 0.15) is 0 Å². The highest BCUT2D eigenvalue weighted by Gasteiger charge is 2.41. The van der Waals surface area contributed by atoms with Gasteiger partial charge in [0, 0.05) is 34.2 Å². The van der Waals surface area contributed by atoms with E-state index in [1.807, 2.05) is 55.6 Å². The Balaban J connectivity index is 1.76. The van der Waals surface area contributed by atoms with E-state index in [0.29, 0.717) is 35.5 Å². The molecule has 0 spiro atoms. The van der Waals surface area contributed by atoms with Gasteiger partial charge in [-0.1, -0.05) is 18.2 Å². The van der Waals surface area contributed by atoms with Gasteiger partial charge in [-0.2, -0.15) is 0 Å². The number of ether oxygens (including phenoxy) is 3. The van der Waals surface area contributed by atoms with Crippen molar-refractivity contribution in [2.24, 2.45) is 0 Å². The molecular weight excluding hydrogens is 462 g/mol. The predicted molar refractivity (Wildman–Crippen MR) is 137 cm³/mol. The van der Waals surface area contributed by atoms with E-state index in [2.05, 4.69) is 5.32 Å². The van der Waals surface area contributed by atoms with Gasteiger partial charge in [0.2, 0.25) is 0 Å². The van der Waals surface area contributed by atoms with Crippen molar-refractivity contribution in [2.45, 2.75) is 43.4 Å². The molecule has 35 heavy (non-hydrogen) atoms. The summed E-state index contributed by atoms with van der Waals surface area (Å²) in [5.74, 6) is 0.469. The Bertz CT molecular complexity index is 1200. The van der Waals surface area contributed by atoms with Crippen molar-refractivity contribution in [3.8, 4) is 11.5 Å². The van der Waals surface area contributed by atoms with Crippen LogP contribution in [0.25, 0.3) is 0 Å². The number of ketones is 1. The molecule has 0 aromatic heterocycles. The first-order chi connectivity index (χ1) is 16.9. The number of thioether (sulfide) groups is 1. The first-order valence-electron chi connectivity index (χ1n) is 11.7. The first kappa shape index (κ1) is 24.9. The molecule has 1 N–H and O–H groups in total. The van der Waals surface area contributed by atoms with Gasteiger partial charge in [-0.3, -0.25) is 4.79 Å². The number of carbonyl (C=O) groups excluding carboxylic acids is 2. The average molecular weight is 494 g/mol. The van der Waals surface area contributed by atoms with Crippen LogP contribution in [-0.2, 0) is 14.3 Å². The number of esters is 1. The van der Waals surface area contributed by atoms with Crippen molar-refractivity contribution >= 4 is 23.5 Å². The second kappa shape index (κ2) is 10.6. The topological polar surface area (TPSA) is 73.9 Å². The molecule has 7 heteroatoms. The molecule has 0 saturated heterocycles. The Morgan fingerprint density at radius 1 is 1.03 bits per heavy atom. The normalized spacial score (nSPS) is 19.7. The zero-order valence-electron chi connectivity index (χ0n) is 20.8. The second-order valence-corrected chi connectivity index (χ2v) is 9.50. The lowest BCUT2D eigenvalue weighted by Crippen LogP contribution is -2.36. The highest BCUT2D eigenvalue weighted by molar-refractivity contribution is 7.98. The predicted octanol–water partition coefficient (Wildman–Crippen LogP) is 5.35. The van der Waals surface area contributed by atoms with Crippen LogP contribution in [0, 0.1) is 0 Å². The highest BCUT2D eigenvalue weighted by atomic mass is 32.2. The molecule has 0 fully saturated rings. The minimum absolute atomic E-state index is 0.00924. The van der Waals surface area contributed by atoms with E-state index in [0.717, 1.165) is 27.4 Å². The molecule has 0 amide bonds. The van der Waals surface area contributed by atoms with Gasteiger partial charge in [0.15, 0.2) is 17.3 Å². The van der Waals surface area contributed by atoms with Crippen molar-refractivity contribution in [3.63, 3.8) is 0 Å². The van der Waals surface area contributed by atoms with Gasteiger partial charge < -0.3 is 19.5 Å². The first-order valence-corrected chi connectivity index (χ1v) is 12.9. The van der Waals surface area contributed by atoms with E-state index < -0.39 is 11.9 Å². The molecule has 2 atom stereocenters. The van der Waals surface area contributed by atoms with E-state index in [1.54, 1.807) is 32.9 Å². The molecule has 2 aliphatic rings. The molecule has 1 heterocycles. The maximum absolute atomic E-state index is 13.7. The molecule has 184 valence electrons. The van der Waals surface area contributed by atoms with Gasteiger partial charge in [-0.15, -0.1) is 11.8 Å². The Hall–Kier alpha value is -3.19. The van der Waals surface area contributed by atoms with Crippen molar-refractivity contribution in [1.29, 1.82) is 0 Å². The number of carbonyl (C=O) groups is 2. The molecule has 1 aliphatic carbocycles. The maximum Gasteiger partial charge on any atom is 0.336 e. The molecule has 2 aromatic rings. The lowest BCUT2D eigenvalue weighted by molar-refractivity contribution is -0.138. The zero-order valence-corrected chi connectivity index (χ0v) is 21.6. The van der Waals surface area contributed by atoms with Crippen molar-refractivity contribution in [3.05, 3.63) is 76.1 Å². The van der Waals surface area contributed by atoms with Crippen LogP contribution < -0.4 is 14.8 Å². The third-order valence-corrected chi connectivity index (χ3v) is 7.39. The van der Waals surface area contributed by atoms with Crippen LogP contribution in [0.2, 0.25) is 0 Å². The minimum Gasteiger partial charge on any atom is -0.493 e. The van der Waals surface area contributed by atoms with Crippen LogP contribution in [-0.4, -0.2) is 38.8 Å². The minimum atomic E-state index is -0.458. The van der Waals surface area contributed by atoms with Crippen LogP contribution in [0.3, 0.4) is 0 Å². The van der Waals surface area contributed by atoms with Gasteiger partial charge in [0.25, 0.3) is 0 Å². The Morgan fingerprint density at radius 3 is 2.34 bits per heavy atom. The fraction of sp³-hybridized carbons (Fsp3) is 0.357. The number of hydrogen-bond donors (Lipinski definition) is 1. The molecule has 1 aliphatic heterocycles. The van der Waals surface area contributed by atoms with Gasteiger partial charge >= 0.3 is 5.97 Å². The summed E-state index contributed by atoms with van der Waals surface area (Å²) < 4.78 is 16.2. The Kier molecular flexibility index (Phi) is 7.55. The molecule has 0 saturated carbocycles. The molecule has 0 radical (unpaired) electrons. The number of nitrogens with one attached hydrogen (secondary N) is 1. The summed E-state index contributed by atoms with van der Waals surface area (Å²) >= 11 is 1.65. The molecular formula is C28H31NO5S. The SMILES string of the molecule is CCOC(=O)C1=C(C)NC2=C(C(=O)C[C@H](c3ccc(OC)c(OC)c3)C2)[C@H]1c1ccc(SC)cc1. The smallest absolute Gasteiger partial charge is 0.336 e. The van der Waals surface area contributed by atoms with Crippen LogP contribution in [0.15, 0.2) is 69.9 Å². The van der Waals surface area contributed by atoms with Gasteiger partial charge in [-0.25, -0.2) is 4.79 Å². The number of hydrogen-bond acceptors (Lipinski definition) is 7. The summed E-state index contributed by atoms with van der Waals surface area (Å²) in [4.78, 5) is 27.9. The Labute approximate surface area is 210 Å². The average Bonchev–Trinajstić information content (AvgIpc) is 2.87. The van der Waals surface area contributed by atoms with Crippen molar-refractivity contribution < 1.29 is 23.8 Å². The summed E-state index contributed by atoms with van der Waals surface area (Å²) in [6, 6.07) is 13.9. The number of methoxy groups -OCH3 is 2. The quantitative estimate of drug-likeness (QED) is 0.412. The maximum atomic E-state index is 13.7. The molecule has 2 aromatic carbocycles. The molecule has 4 rings (SSSR count). The summed E-state index contributed by atoms with van der Waals surface area (Å²) in [5, 5.41) is 3.39. The van der Waals surface area contributed by atoms with E-state index in [-0.39, 0.29) is 18.3 Å². The van der Waals surface area contributed by atoms with Gasteiger partial charge in [0.05, 0.1) is 26.4 Å². The third kappa shape index (κ3) is 4.82. The van der Waals surface area contributed by atoms with E-state index in [4.69, 9.17) is 14.2 Å². The number of allylic oxidation sites excluding steroid dienone is 3. The van der Waals surface area contributed by atoms with E-state index >= 15 is 0 Å². The number of benzene rings is 2. The molecule has 0 bridgehead atoms. The fourth-order valence-corrected chi connectivity index (χ4v) is 5.40. The van der Waals surface area contributed by atoms with E-state index in [1.165, 1.54) is 0 Å². The van der Waals surface area contributed by atoms with Crippen molar-refractivity contribution in [1.82, 2.24) is 5.32 Å². The lowest BCUT2D eigenvalue weighted by Gasteiger charge is -2.36. The lowest BCUT2D eigenvalue weighted by atomic mass is 9.71. The number of dihydropyridines is 1. The van der Waals surface area contributed by atoms with Crippen LogP contribution in [0.1, 0.15) is 49.7 Å². The Morgan fingerprint density at radius 2 is 1.71 bits per heavy atom. The van der Waals surface area contributed by atoms with Crippen LogP contribution >= 0.6 is 11.8 Å². The number of rotatable bonds is 7. The van der Waals surface area contributed by atoms with Gasteiger partial charge in [-0.05, 0) is 67.8 Å². The number of Topliss-reactive ketones (excluding diaryl/α,β-unsaturated/α-hetero) is 1. The largest absolute Gasteiger partial charge is 0.493 e. The fourth-order valence-electron chi connectivity index (χ4n) is 4.99. The third-order valence-electron chi connectivity index (χ3n) is 6.65. The molecule has 6 nitrogen and oxygen atoms in total. The monoisotopic (exact) mass is 493 g/mol. The summed E-state index contributed by atoms with van der Waals surface area (Å²) in [6.07, 6.45) is 3.03. The summed E-state index contributed by atoms with van der Waals surface area (Å²) in [5.41, 5.74) is 4.68. The molecule has 0 unspecified atom stereocenters. The standard InChI is InChI=1S/C28H31NO5S/c1-6-34-28(31)25-16(2)29-21-13-19(18-9-12-23(32-3)24(15-18)33-4)14-22(30)27(21)26(25)17-7-10-20(35-5)11-8-17/h7-12,15,19,26,29H,6,13-14H2,1-5H3/t19-,26+/m1/s1. The zero-order chi connectivity index (χ0) is 25.1. The van der Waals surface area contributed by atoms with Crippen LogP contribution in [0.4, 0.5) is 0 Å². The second-order valence-electron chi connectivity index (χ2n) is 8.63.